The molecule has 2 aliphatic rings. The van der Waals surface area contributed by atoms with E-state index in [-0.39, 0.29) is 5.56 Å². The molecule has 0 radical (unpaired) electrons. The van der Waals surface area contributed by atoms with Crippen molar-refractivity contribution in [2.45, 2.75) is 38.6 Å². The van der Waals surface area contributed by atoms with Gasteiger partial charge in [-0.05, 0) is 43.6 Å². The van der Waals surface area contributed by atoms with Gasteiger partial charge < -0.3 is 0 Å². The molecule has 3 rings (SSSR count). The summed E-state index contributed by atoms with van der Waals surface area (Å²) in [6.45, 7) is 0.839. The molecule has 0 aliphatic heterocycles. The van der Waals surface area contributed by atoms with E-state index in [9.17, 15) is 4.79 Å². The minimum Gasteiger partial charge on any atom is -0.268 e. The number of fused-ring (bicyclic) bond motifs is 1. The van der Waals surface area contributed by atoms with Crippen LogP contribution in [0.3, 0.4) is 0 Å². The van der Waals surface area contributed by atoms with E-state index in [2.05, 4.69) is 5.10 Å². The first-order chi connectivity index (χ1) is 6.83. The maximum atomic E-state index is 11.6. The van der Waals surface area contributed by atoms with Crippen molar-refractivity contribution in [1.29, 1.82) is 0 Å². The highest BCUT2D eigenvalue weighted by Gasteiger charge is 2.23. The second-order valence-corrected chi connectivity index (χ2v) is 4.43. The Morgan fingerprint density at radius 3 is 3.07 bits per heavy atom. The van der Waals surface area contributed by atoms with Crippen LogP contribution in [0.2, 0.25) is 0 Å². The molecule has 1 heterocycles. The van der Waals surface area contributed by atoms with Gasteiger partial charge in [-0.1, -0.05) is 0 Å². The van der Waals surface area contributed by atoms with Crippen molar-refractivity contribution >= 4 is 0 Å². The molecule has 3 nitrogen and oxygen atoms in total. The molecule has 0 unspecified atom stereocenters. The van der Waals surface area contributed by atoms with Gasteiger partial charge in [-0.2, -0.15) is 5.10 Å². The second-order valence-electron chi connectivity index (χ2n) is 4.43. The Hall–Kier alpha value is -1.12. The van der Waals surface area contributed by atoms with Crippen LogP contribution in [0.25, 0.3) is 0 Å². The van der Waals surface area contributed by atoms with Crippen LogP contribution < -0.4 is 5.56 Å². The highest BCUT2D eigenvalue weighted by atomic mass is 16.1. The molecular formula is C11H14N2O. The maximum absolute atomic E-state index is 11.6. The van der Waals surface area contributed by atoms with Gasteiger partial charge in [0.15, 0.2) is 0 Å². The van der Waals surface area contributed by atoms with Gasteiger partial charge in [0.25, 0.3) is 5.56 Å². The Morgan fingerprint density at radius 2 is 2.29 bits per heavy atom. The monoisotopic (exact) mass is 190 g/mol. The molecule has 0 N–H and O–H groups in total. The Kier molecular flexibility index (Phi) is 1.72. The lowest BCUT2D eigenvalue weighted by Crippen LogP contribution is -2.24. The minimum absolute atomic E-state index is 0.0950. The van der Waals surface area contributed by atoms with Gasteiger partial charge in [-0.3, -0.25) is 4.79 Å². The van der Waals surface area contributed by atoms with Gasteiger partial charge >= 0.3 is 0 Å². The van der Waals surface area contributed by atoms with E-state index >= 15 is 0 Å². The fourth-order valence-electron chi connectivity index (χ4n) is 2.12. The zero-order chi connectivity index (χ0) is 9.54. The van der Waals surface area contributed by atoms with Crippen LogP contribution in [-0.4, -0.2) is 9.78 Å². The molecule has 14 heavy (non-hydrogen) atoms. The zero-order valence-corrected chi connectivity index (χ0v) is 8.20. The van der Waals surface area contributed by atoms with Crippen LogP contribution in [0.1, 0.15) is 30.5 Å². The summed E-state index contributed by atoms with van der Waals surface area (Å²) in [6, 6.07) is 1.79. The van der Waals surface area contributed by atoms with E-state index in [0.29, 0.717) is 0 Å². The van der Waals surface area contributed by atoms with E-state index in [0.717, 1.165) is 37.4 Å². The van der Waals surface area contributed by atoms with E-state index in [1.54, 1.807) is 10.7 Å². The van der Waals surface area contributed by atoms with Crippen molar-refractivity contribution in [3.05, 3.63) is 27.7 Å². The SMILES string of the molecule is O=c1cc2c(nn1CC1CC1)CCC2. The summed E-state index contributed by atoms with van der Waals surface area (Å²) in [5, 5.41) is 4.44. The molecule has 3 heteroatoms. The van der Waals surface area contributed by atoms with Crippen molar-refractivity contribution < 1.29 is 0 Å². The molecule has 1 saturated carbocycles. The normalized spacial score (nSPS) is 19.7. The zero-order valence-electron chi connectivity index (χ0n) is 8.20. The van der Waals surface area contributed by atoms with E-state index < -0.39 is 0 Å². The van der Waals surface area contributed by atoms with Crippen molar-refractivity contribution in [1.82, 2.24) is 9.78 Å². The highest BCUT2D eigenvalue weighted by molar-refractivity contribution is 5.22. The van der Waals surface area contributed by atoms with Crippen LogP contribution in [0, 0.1) is 5.92 Å². The summed E-state index contributed by atoms with van der Waals surface area (Å²) in [6.07, 6.45) is 5.80. The van der Waals surface area contributed by atoms with Crippen LogP contribution in [0.5, 0.6) is 0 Å². The molecule has 0 aromatic carbocycles. The Morgan fingerprint density at radius 1 is 1.43 bits per heavy atom. The van der Waals surface area contributed by atoms with Crippen LogP contribution in [0.4, 0.5) is 0 Å². The lowest BCUT2D eigenvalue weighted by molar-refractivity contribution is 0.525. The minimum atomic E-state index is 0.0950. The second kappa shape index (κ2) is 2.94. The molecule has 0 amide bonds. The summed E-state index contributed by atoms with van der Waals surface area (Å²) >= 11 is 0. The van der Waals surface area contributed by atoms with Crippen LogP contribution >= 0.6 is 0 Å². The van der Waals surface area contributed by atoms with Crippen LogP contribution in [-0.2, 0) is 19.4 Å². The first-order valence-electron chi connectivity index (χ1n) is 5.43. The molecule has 0 spiro atoms. The standard InChI is InChI=1S/C11H14N2O/c14-11-6-9-2-1-3-10(9)12-13(11)7-8-4-5-8/h6,8H,1-5,7H2. The van der Waals surface area contributed by atoms with Gasteiger partial charge in [0.2, 0.25) is 0 Å². The molecule has 1 aromatic heterocycles. The molecule has 2 aliphatic carbocycles. The Balaban J connectivity index is 1.98. The van der Waals surface area contributed by atoms with Crippen molar-refractivity contribution in [3.63, 3.8) is 0 Å². The number of hydrogen-bond donors (Lipinski definition) is 0. The van der Waals surface area contributed by atoms with Crippen molar-refractivity contribution in [3.8, 4) is 0 Å². The molecule has 0 bridgehead atoms. The highest BCUT2D eigenvalue weighted by Crippen LogP contribution is 2.30. The number of aromatic nitrogens is 2. The van der Waals surface area contributed by atoms with Gasteiger partial charge in [0.05, 0.1) is 5.69 Å². The number of rotatable bonds is 2. The lowest BCUT2D eigenvalue weighted by Gasteiger charge is -2.05. The fraction of sp³-hybridized carbons (Fsp3) is 0.636. The third kappa shape index (κ3) is 1.37. The average Bonchev–Trinajstić information content (AvgIpc) is 2.85. The first-order valence-corrected chi connectivity index (χ1v) is 5.43. The molecule has 1 aromatic rings. The van der Waals surface area contributed by atoms with E-state index in [4.69, 9.17) is 0 Å². The van der Waals surface area contributed by atoms with E-state index in [1.807, 2.05) is 0 Å². The summed E-state index contributed by atoms with van der Waals surface area (Å²) in [5.41, 5.74) is 2.44. The molecular weight excluding hydrogens is 176 g/mol. The third-order valence-corrected chi connectivity index (χ3v) is 3.15. The summed E-state index contributed by atoms with van der Waals surface area (Å²) in [5.74, 6) is 0.722. The van der Waals surface area contributed by atoms with Crippen molar-refractivity contribution in [2.24, 2.45) is 5.92 Å². The molecule has 0 saturated heterocycles. The number of nitrogens with zero attached hydrogens (tertiary/aromatic N) is 2. The van der Waals surface area contributed by atoms with Gasteiger partial charge in [-0.25, -0.2) is 4.68 Å². The summed E-state index contributed by atoms with van der Waals surface area (Å²) in [7, 11) is 0. The molecule has 1 fully saturated rings. The number of hydrogen-bond acceptors (Lipinski definition) is 2. The molecule has 0 atom stereocenters. The van der Waals surface area contributed by atoms with Gasteiger partial charge in [-0.15, -0.1) is 0 Å². The smallest absolute Gasteiger partial charge is 0.267 e. The summed E-state index contributed by atoms with van der Waals surface area (Å²) < 4.78 is 1.67. The predicted molar refractivity (Wildman–Crippen MR) is 53.2 cm³/mol. The van der Waals surface area contributed by atoms with Gasteiger partial charge in [0, 0.05) is 12.6 Å². The Labute approximate surface area is 82.8 Å². The fourth-order valence-corrected chi connectivity index (χ4v) is 2.12. The average molecular weight is 190 g/mol. The topological polar surface area (TPSA) is 34.9 Å². The van der Waals surface area contributed by atoms with Gasteiger partial charge in [0.1, 0.15) is 0 Å². The predicted octanol–water partition coefficient (Wildman–Crippen LogP) is 1.14. The quantitative estimate of drug-likeness (QED) is 0.701. The maximum Gasteiger partial charge on any atom is 0.267 e. The first kappa shape index (κ1) is 8.21. The lowest BCUT2D eigenvalue weighted by atomic mass is 10.2. The van der Waals surface area contributed by atoms with Crippen LogP contribution in [0.15, 0.2) is 10.9 Å². The van der Waals surface area contributed by atoms with E-state index in [1.165, 1.54) is 18.4 Å². The van der Waals surface area contributed by atoms with Crippen molar-refractivity contribution in [2.75, 3.05) is 0 Å². The molecule has 74 valence electrons. The third-order valence-electron chi connectivity index (χ3n) is 3.15. The largest absolute Gasteiger partial charge is 0.268 e. The number of aryl methyl sites for hydroxylation is 2. The summed E-state index contributed by atoms with van der Waals surface area (Å²) in [4.78, 5) is 11.6. The Bertz CT molecular complexity index is 418.